The van der Waals surface area contributed by atoms with E-state index in [1.54, 1.807) is 6.07 Å². The number of hydrogen-bond donors (Lipinski definition) is 2. The van der Waals surface area contributed by atoms with E-state index in [1.165, 1.54) is 24.2 Å². The van der Waals surface area contributed by atoms with Crippen LogP contribution in [0.3, 0.4) is 0 Å². The first-order chi connectivity index (χ1) is 10.1. The maximum Gasteiger partial charge on any atom is 0.250 e. The van der Waals surface area contributed by atoms with Crippen molar-refractivity contribution in [3.05, 3.63) is 17.0 Å². The van der Waals surface area contributed by atoms with Crippen molar-refractivity contribution in [1.82, 2.24) is 14.9 Å². The lowest BCUT2D eigenvalue weighted by molar-refractivity contribution is 0.334. The van der Waals surface area contributed by atoms with Crippen LogP contribution in [0.25, 0.3) is 0 Å². The summed E-state index contributed by atoms with van der Waals surface area (Å²) in [7, 11) is -3.34. The van der Waals surface area contributed by atoms with Gasteiger partial charge in [0.2, 0.25) is 10.0 Å². The maximum atomic E-state index is 12.2. The average Bonchev–Trinajstić information content (AvgIpc) is 3.13. The highest BCUT2D eigenvalue weighted by molar-refractivity contribution is 7.91. The number of thiophene rings is 1. The average molecular weight is 332 g/mol. The van der Waals surface area contributed by atoms with Gasteiger partial charge >= 0.3 is 0 Å². The van der Waals surface area contributed by atoms with Gasteiger partial charge < -0.3 is 10.2 Å². The molecule has 0 amide bonds. The van der Waals surface area contributed by atoms with E-state index >= 15 is 0 Å². The molecule has 120 valence electrons. The van der Waals surface area contributed by atoms with Crippen LogP contribution in [0.2, 0.25) is 0 Å². The smallest absolute Gasteiger partial charge is 0.250 e. The van der Waals surface area contributed by atoms with Crippen LogP contribution < -0.4 is 10.0 Å². The topological polar surface area (TPSA) is 61.4 Å². The van der Waals surface area contributed by atoms with E-state index in [-0.39, 0.29) is 0 Å². The van der Waals surface area contributed by atoms with Crippen molar-refractivity contribution < 1.29 is 8.42 Å². The third-order valence-corrected chi connectivity index (χ3v) is 6.63. The van der Waals surface area contributed by atoms with Gasteiger partial charge in [0.25, 0.3) is 0 Å². The molecule has 1 fully saturated rings. The van der Waals surface area contributed by atoms with E-state index in [0.29, 0.717) is 10.8 Å². The van der Waals surface area contributed by atoms with Crippen molar-refractivity contribution in [2.75, 3.05) is 32.7 Å². The molecule has 0 spiro atoms. The largest absolute Gasteiger partial charge is 0.312 e. The second-order valence-corrected chi connectivity index (χ2v) is 8.46. The zero-order valence-corrected chi connectivity index (χ0v) is 14.2. The molecule has 0 aromatic carbocycles. The molecule has 21 heavy (non-hydrogen) atoms. The molecule has 2 heterocycles. The normalized spacial score (nSPS) is 16.6. The predicted molar refractivity (Wildman–Crippen MR) is 87.2 cm³/mol. The third kappa shape index (κ3) is 5.34. The molecule has 1 saturated heterocycles. The number of sulfonamides is 1. The van der Waals surface area contributed by atoms with E-state index in [4.69, 9.17) is 0 Å². The van der Waals surface area contributed by atoms with Crippen LogP contribution in [0.15, 0.2) is 16.3 Å². The van der Waals surface area contributed by atoms with Gasteiger partial charge in [-0.3, -0.25) is 0 Å². The summed E-state index contributed by atoms with van der Waals surface area (Å²) in [6.45, 7) is 7.46. The van der Waals surface area contributed by atoms with Crippen LogP contribution in [0, 0.1) is 0 Å². The Morgan fingerprint density at radius 1 is 1.29 bits per heavy atom. The Morgan fingerprint density at radius 3 is 2.76 bits per heavy atom. The van der Waals surface area contributed by atoms with Gasteiger partial charge in [-0.1, -0.05) is 6.92 Å². The van der Waals surface area contributed by atoms with E-state index in [1.807, 2.05) is 13.0 Å². The Balaban J connectivity index is 1.76. The molecule has 0 aliphatic carbocycles. The molecular formula is C14H25N3O2S2. The lowest BCUT2D eigenvalue weighted by atomic mass is 10.4. The van der Waals surface area contributed by atoms with Gasteiger partial charge in [-0.25, -0.2) is 13.1 Å². The van der Waals surface area contributed by atoms with Gasteiger partial charge in [0.15, 0.2) is 0 Å². The molecule has 0 saturated carbocycles. The Kier molecular flexibility index (Phi) is 6.63. The SMILES string of the molecule is CCNCc1ccc(S(=O)(=O)NCCCN2CCCC2)s1. The highest BCUT2D eigenvalue weighted by Crippen LogP contribution is 2.21. The van der Waals surface area contributed by atoms with Crippen LogP contribution >= 0.6 is 11.3 Å². The molecule has 1 aromatic heterocycles. The van der Waals surface area contributed by atoms with E-state index in [0.717, 1.165) is 44.0 Å². The minimum Gasteiger partial charge on any atom is -0.312 e. The monoisotopic (exact) mass is 331 g/mol. The molecule has 1 aliphatic rings. The lowest BCUT2D eigenvalue weighted by Gasteiger charge is -2.14. The number of nitrogens with zero attached hydrogens (tertiary/aromatic N) is 1. The van der Waals surface area contributed by atoms with Crippen LogP contribution in [-0.2, 0) is 16.6 Å². The second kappa shape index (κ2) is 8.24. The van der Waals surface area contributed by atoms with Crippen molar-refractivity contribution in [3.63, 3.8) is 0 Å². The molecular weight excluding hydrogens is 306 g/mol. The van der Waals surface area contributed by atoms with Gasteiger partial charge in [-0.15, -0.1) is 11.3 Å². The molecule has 2 N–H and O–H groups in total. The summed E-state index contributed by atoms with van der Waals surface area (Å²) in [5.74, 6) is 0. The standard InChI is InChI=1S/C14H25N3O2S2/c1-2-15-12-13-6-7-14(20-13)21(18,19)16-8-5-11-17-9-3-4-10-17/h6-7,15-16H,2-5,8-12H2,1H3. The fourth-order valence-electron chi connectivity index (χ4n) is 2.43. The Labute approximate surface area is 131 Å². The van der Waals surface area contributed by atoms with Crippen molar-refractivity contribution in [2.24, 2.45) is 0 Å². The number of nitrogens with one attached hydrogen (secondary N) is 2. The second-order valence-electron chi connectivity index (χ2n) is 5.30. The molecule has 0 atom stereocenters. The van der Waals surface area contributed by atoms with Gasteiger partial charge in [0.05, 0.1) is 0 Å². The quantitative estimate of drug-likeness (QED) is 0.675. The van der Waals surface area contributed by atoms with Crippen molar-refractivity contribution in [2.45, 2.75) is 36.9 Å². The van der Waals surface area contributed by atoms with Crippen molar-refractivity contribution in [3.8, 4) is 0 Å². The van der Waals surface area contributed by atoms with Crippen molar-refractivity contribution in [1.29, 1.82) is 0 Å². The minimum atomic E-state index is -3.34. The van der Waals surface area contributed by atoms with Crippen LogP contribution in [0.4, 0.5) is 0 Å². The molecule has 1 aromatic rings. The molecule has 5 nitrogen and oxygen atoms in total. The summed E-state index contributed by atoms with van der Waals surface area (Å²) in [6, 6.07) is 3.58. The summed E-state index contributed by atoms with van der Waals surface area (Å²) < 4.78 is 27.5. The molecule has 1 aliphatic heterocycles. The van der Waals surface area contributed by atoms with Crippen LogP contribution in [0.1, 0.15) is 31.1 Å². The highest BCUT2D eigenvalue weighted by Gasteiger charge is 2.16. The number of rotatable bonds is 9. The minimum absolute atomic E-state index is 0.413. The molecule has 7 heteroatoms. The molecule has 0 radical (unpaired) electrons. The van der Waals surface area contributed by atoms with E-state index in [9.17, 15) is 8.42 Å². The summed E-state index contributed by atoms with van der Waals surface area (Å²) in [6.07, 6.45) is 3.42. The maximum absolute atomic E-state index is 12.2. The fraction of sp³-hybridized carbons (Fsp3) is 0.714. The van der Waals surface area contributed by atoms with Gasteiger partial charge in [0.1, 0.15) is 4.21 Å². The first-order valence-electron chi connectivity index (χ1n) is 7.63. The van der Waals surface area contributed by atoms with E-state index in [2.05, 4.69) is 14.9 Å². The zero-order chi connectivity index (χ0) is 15.1. The van der Waals surface area contributed by atoms with E-state index < -0.39 is 10.0 Å². The Bertz CT molecular complexity index is 522. The number of hydrogen-bond acceptors (Lipinski definition) is 5. The summed E-state index contributed by atoms with van der Waals surface area (Å²) in [5, 5.41) is 3.20. The van der Waals surface area contributed by atoms with Gasteiger partial charge in [-0.2, -0.15) is 0 Å². The van der Waals surface area contributed by atoms with Gasteiger partial charge in [0, 0.05) is 18.0 Å². The molecule has 0 unspecified atom stereocenters. The predicted octanol–water partition coefficient (Wildman–Crippen LogP) is 1.62. The highest BCUT2D eigenvalue weighted by atomic mass is 32.2. The molecule has 2 rings (SSSR count). The lowest BCUT2D eigenvalue weighted by Crippen LogP contribution is -2.28. The Morgan fingerprint density at radius 2 is 2.05 bits per heavy atom. The summed E-state index contributed by atoms with van der Waals surface area (Å²) in [4.78, 5) is 3.45. The number of likely N-dealkylation sites (tertiary alicyclic amines) is 1. The first-order valence-corrected chi connectivity index (χ1v) is 9.93. The zero-order valence-electron chi connectivity index (χ0n) is 12.6. The molecule has 0 bridgehead atoms. The summed E-state index contributed by atoms with van der Waals surface area (Å²) >= 11 is 1.34. The third-order valence-electron chi connectivity index (χ3n) is 3.59. The first kappa shape index (κ1) is 16.9. The van der Waals surface area contributed by atoms with Gasteiger partial charge in [-0.05, 0) is 57.6 Å². The van der Waals surface area contributed by atoms with Crippen molar-refractivity contribution >= 4 is 21.4 Å². The fourth-order valence-corrected chi connectivity index (χ4v) is 4.88. The van der Waals surface area contributed by atoms with Crippen LogP contribution in [-0.4, -0.2) is 46.0 Å². The van der Waals surface area contributed by atoms with Crippen LogP contribution in [0.5, 0.6) is 0 Å². The Hall–Kier alpha value is -0.470. The summed E-state index contributed by atoms with van der Waals surface area (Å²) in [5.41, 5.74) is 0.